The van der Waals surface area contributed by atoms with Gasteiger partial charge in [0.25, 0.3) is 0 Å². The maximum atomic E-state index is 14.0. The van der Waals surface area contributed by atoms with Crippen molar-refractivity contribution in [2.45, 2.75) is 6.54 Å². The van der Waals surface area contributed by atoms with Crippen molar-refractivity contribution in [1.82, 2.24) is 10.2 Å². The maximum Gasteiger partial charge on any atom is 0.194 e. The van der Waals surface area contributed by atoms with Gasteiger partial charge >= 0.3 is 0 Å². The summed E-state index contributed by atoms with van der Waals surface area (Å²) < 4.78 is 14.0. The van der Waals surface area contributed by atoms with Gasteiger partial charge in [-0.2, -0.15) is 5.26 Å². The molecule has 1 fully saturated rings. The Labute approximate surface area is 153 Å². The summed E-state index contributed by atoms with van der Waals surface area (Å²) in [5.41, 5.74) is 2.34. The topological polar surface area (TPSA) is 54.7 Å². The second kappa shape index (κ2) is 8.34. The normalized spacial score (nSPS) is 14.9. The van der Waals surface area contributed by atoms with Crippen molar-refractivity contribution < 1.29 is 4.39 Å². The summed E-state index contributed by atoms with van der Waals surface area (Å²) in [5.74, 6) is 0.640. The number of guanidine groups is 1. The molecule has 1 saturated heterocycles. The number of hydrogen-bond donors (Lipinski definition) is 1. The predicted molar refractivity (Wildman–Crippen MR) is 102 cm³/mol. The molecule has 0 atom stereocenters. The van der Waals surface area contributed by atoms with Gasteiger partial charge in [0, 0.05) is 39.8 Å². The largest absolute Gasteiger partial charge is 0.366 e. The van der Waals surface area contributed by atoms with Crippen LogP contribution in [0.1, 0.15) is 11.1 Å². The second-order valence-corrected chi connectivity index (χ2v) is 6.14. The highest BCUT2D eigenvalue weighted by molar-refractivity contribution is 5.80. The number of aliphatic imine (C=N–C) groups is 1. The molecule has 1 aliphatic rings. The van der Waals surface area contributed by atoms with Crippen LogP contribution in [0, 0.1) is 17.1 Å². The Hall–Kier alpha value is -3.07. The van der Waals surface area contributed by atoms with Crippen LogP contribution in [-0.2, 0) is 6.54 Å². The Balaban J connectivity index is 1.57. The zero-order chi connectivity index (χ0) is 18.4. The van der Waals surface area contributed by atoms with E-state index in [1.54, 1.807) is 19.2 Å². The molecule has 0 unspecified atom stereocenters. The summed E-state index contributed by atoms with van der Waals surface area (Å²) in [5, 5.41) is 12.3. The summed E-state index contributed by atoms with van der Waals surface area (Å²) in [6.45, 7) is 3.63. The molecule has 2 aromatic carbocycles. The van der Waals surface area contributed by atoms with Gasteiger partial charge in [-0.05, 0) is 29.8 Å². The van der Waals surface area contributed by atoms with Crippen LogP contribution < -0.4 is 10.2 Å². The average molecular weight is 351 g/mol. The van der Waals surface area contributed by atoms with E-state index in [0.29, 0.717) is 17.8 Å². The molecule has 1 N–H and O–H groups in total. The van der Waals surface area contributed by atoms with Crippen molar-refractivity contribution >= 4 is 11.6 Å². The molecule has 0 spiro atoms. The standard InChI is InChI=1S/C20H22FN5/c1-23-20(24-15-17-6-4-5-16(13-17)14-22)26-11-9-25(10-12-26)19-8-3-2-7-18(19)21/h2-8,13H,9-12,15H2,1H3,(H,23,24). The molecule has 0 aliphatic carbocycles. The minimum Gasteiger partial charge on any atom is -0.366 e. The third-order valence-corrected chi connectivity index (χ3v) is 4.49. The number of nitriles is 1. The molecule has 0 bridgehead atoms. The number of hydrogen-bond acceptors (Lipinski definition) is 3. The van der Waals surface area contributed by atoms with Crippen LogP contribution >= 0.6 is 0 Å². The van der Waals surface area contributed by atoms with Gasteiger partial charge in [0.2, 0.25) is 0 Å². The first kappa shape index (κ1) is 17.7. The monoisotopic (exact) mass is 351 g/mol. The maximum absolute atomic E-state index is 14.0. The van der Waals surface area contributed by atoms with Crippen LogP contribution in [0.15, 0.2) is 53.5 Å². The van der Waals surface area contributed by atoms with Crippen molar-refractivity contribution in [2.75, 3.05) is 38.1 Å². The molecular formula is C20H22FN5. The van der Waals surface area contributed by atoms with Crippen LogP contribution in [0.4, 0.5) is 10.1 Å². The van der Waals surface area contributed by atoms with Gasteiger partial charge in [0.05, 0.1) is 17.3 Å². The fourth-order valence-corrected chi connectivity index (χ4v) is 3.13. The molecule has 0 amide bonds. The van der Waals surface area contributed by atoms with E-state index >= 15 is 0 Å². The first-order valence-corrected chi connectivity index (χ1v) is 8.65. The molecule has 5 nitrogen and oxygen atoms in total. The van der Waals surface area contributed by atoms with Gasteiger partial charge < -0.3 is 15.1 Å². The number of anilines is 1. The molecule has 0 aromatic heterocycles. The average Bonchev–Trinajstić information content (AvgIpc) is 2.69. The fraction of sp³-hybridized carbons (Fsp3) is 0.300. The molecule has 1 heterocycles. The molecule has 2 aromatic rings. The molecule has 26 heavy (non-hydrogen) atoms. The SMILES string of the molecule is CN=C(NCc1cccc(C#N)c1)N1CCN(c2ccccc2F)CC1. The Bertz CT molecular complexity index is 819. The first-order valence-electron chi connectivity index (χ1n) is 8.65. The van der Waals surface area contributed by atoms with Gasteiger partial charge in [-0.3, -0.25) is 4.99 Å². The van der Waals surface area contributed by atoms with Crippen molar-refractivity contribution in [3.05, 3.63) is 65.5 Å². The van der Waals surface area contributed by atoms with Crippen LogP contribution in [0.5, 0.6) is 0 Å². The Morgan fingerprint density at radius 2 is 1.92 bits per heavy atom. The van der Waals surface area contributed by atoms with E-state index in [9.17, 15) is 4.39 Å². The smallest absolute Gasteiger partial charge is 0.194 e. The lowest BCUT2D eigenvalue weighted by molar-refractivity contribution is 0.370. The van der Waals surface area contributed by atoms with E-state index in [0.717, 1.165) is 37.7 Å². The molecule has 0 saturated carbocycles. The van der Waals surface area contributed by atoms with E-state index in [4.69, 9.17) is 5.26 Å². The lowest BCUT2D eigenvalue weighted by atomic mass is 10.1. The number of nitrogens with zero attached hydrogens (tertiary/aromatic N) is 4. The van der Waals surface area contributed by atoms with Crippen molar-refractivity contribution in [3.63, 3.8) is 0 Å². The van der Waals surface area contributed by atoms with Gasteiger partial charge in [-0.15, -0.1) is 0 Å². The molecule has 3 rings (SSSR count). The summed E-state index contributed by atoms with van der Waals surface area (Å²) in [7, 11) is 1.76. The van der Waals surface area contributed by atoms with Gasteiger partial charge in [0.1, 0.15) is 5.82 Å². The Morgan fingerprint density at radius 1 is 1.15 bits per heavy atom. The van der Waals surface area contributed by atoms with Crippen molar-refractivity contribution in [1.29, 1.82) is 5.26 Å². The number of halogens is 1. The lowest BCUT2D eigenvalue weighted by Crippen LogP contribution is -2.52. The van der Waals surface area contributed by atoms with E-state index in [1.807, 2.05) is 30.3 Å². The van der Waals surface area contributed by atoms with E-state index in [2.05, 4.69) is 26.2 Å². The molecule has 6 heteroatoms. The Kier molecular flexibility index (Phi) is 5.69. The molecular weight excluding hydrogens is 329 g/mol. The molecule has 0 radical (unpaired) electrons. The number of piperazine rings is 1. The van der Waals surface area contributed by atoms with Crippen LogP contribution in [0.25, 0.3) is 0 Å². The Morgan fingerprint density at radius 3 is 2.62 bits per heavy atom. The van der Waals surface area contributed by atoms with Gasteiger partial charge in [0.15, 0.2) is 5.96 Å². The van der Waals surface area contributed by atoms with Crippen LogP contribution in [0.3, 0.4) is 0 Å². The highest BCUT2D eigenvalue weighted by atomic mass is 19.1. The van der Waals surface area contributed by atoms with E-state index in [1.165, 1.54) is 6.07 Å². The van der Waals surface area contributed by atoms with E-state index < -0.39 is 0 Å². The van der Waals surface area contributed by atoms with Crippen molar-refractivity contribution in [2.24, 2.45) is 4.99 Å². The summed E-state index contributed by atoms with van der Waals surface area (Å²) in [6, 6.07) is 16.6. The number of para-hydroxylation sites is 1. The van der Waals surface area contributed by atoms with Crippen molar-refractivity contribution in [3.8, 4) is 6.07 Å². The highest BCUT2D eigenvalue weighted by Crippen LogP contribution is 2.20. The minimum atomic E-state index is -0.180. The predicted octanol–water partition coefficient (Wildman–Crippen LogP) is 2.59. The zero-order valence-corrected chi connectivity index (χ0v) is 14.8. The second-order valence-electron chi connectivity index (χ2n) is 6.14. The number of rotatable bonds is 3. The molecule has 1 aliphatic heterocycles. The van der Waals surface area contributed by atoms with E-state index in [-0.39, 0.29) is 5.82 Å². The quantitative estimate of drug-likeness (QED) is 0.682. The summed E-state index contributed by atoms with van der Waals surface area (Å²) in [6.07, 6.45) is 0. The first-order chi connectivity index (χ1) is 12.7. The number of benzene rings is 2. The third-order valence-electron chi connectivity index (χ3n) is 4.49. The van der Waals surface area contributed by atoms with Gasteiger partial charge in [-0.1, -0.05) is 24.3 Å². The third kappa shape index (κ3) is 4.12. The highest BCUT2D eigenvalue weighted by Gasteiger charge is 2.21. The summed E-state index contributed by atoms with van der Waals surface area (Å²) >= 11 is 0. The lowest BCUT2D eigenvalue weighted by Gasteiger charge is -2.37. The van der Waals surface area contributed by atoms with Gasteiger partial charge in [-0.25, -0.2) is 4.39 Å². The van der Waals surface area contributed by atoms with Crippen LogP contribution in [-0.4, -0.2) is 44.1 Å². The zero-order valence-electron chi connectivity index (χ0n) is 14.8. The fourth-order valence-electron chi connectivity index (χ4n) is 3.13. The minimum absolute atomic E-state index is 0.180. The molecule has 134 valence electrons. The van der Waals surface area contributed by atoms with Crippen LogP contribution in [0.2, 0.25) is 0 Å². The summed E-state index contributed by atoms with van der Waals surface area (Å²) in [4.78, 5) is 8.60. The number of nitrogens with one attached hydrogen (secondary N) is 1.